The second kappa shape index (κ2) is 7.23. The topological polar surface area (TPSA) is 41.5 Å². The second-order valence-electron chi connectivity index (χ2n) is 7.75. The van der Waals surface area contributed by atoms with Gasteiger partial charge in [0.2, 0.25) is 5.91 Å². The summed E-state index contributed by atoms with van der Waals surface area (Å²) in [4.78, 5) is 12.6. The van der Waals surface area contributed by atoms with E-state index in [4.69, 9.17) is 23.2 Å². The third-order valence-electron chi connectivity index (χ3n) is 5.68. The molecular formula is C23H20Cl2N2O. The molecule has 2 atom stereocenters. The normalized spacial score (nSPS) is 20.4. The summed E-state index contributed by atoms with van der Waals surface area (Å²) in [6.07, 6.45) is 3.46. The van der Waals surface area contributed by atoms with Gasteiger partial charge in [0.1, 0.15) is 4.49 Å². The molecule has 1 amide bonds. The summed E-state index contributed by atoms with van der Waals surface area (Å²) in [6, 6.07) is 18.5. The van der Waals surface area contributed by atoms with E-state index < -0.39 is 0 Å². The molecule has 1 aliphatic carbocycles. The van der Waals surface area contributed by atoms with Gasteiger partial charge in [-0.05, 0) is 45.0 Å². The maximum Gasteiger partial charge on any atom is 0.244 e. The molecular weight excluding hydrogens is 391 g/mol. The number of nitrogens with one attached hydrogen (secondary N) is 1. The monoisotopic (exact) mass is 410 g/mol. The largest absolute Gasteiger partial charge is 0.273 e. The second-order valence-corrected chi connectivity index (χ2v) is 8.76. The van der Waals surface area contributed by atoms with Gasteiger partial charge in [0.05, 0.1) is 12.1 Å². The Kier molecular flexibility index (Phi) is 4.90. The number of fused-ring (bicyclic) bond motifs is 2. The predicted molar refractivity (Wildman–Crippen MR) is 118 cm³/mol. The van der Waals surface area contributed by atoms with Crippen LogP contribution in [-0.2, 0) is 4.79 Å². The lowest BCUT2D eigenvalue weighted by Gasteiger charge is -2.08. The Hall–Kier alpha value is -2.36. The molecule has 0 radical (unpaired) electrons. The van der Waals surface area contributed by atoms with Crippen molar-refractivity contribution in [1.29, 1.82) is 0 Å². The summed E-state index contributed by atoms with van der Waals surface area (Å²) < 4.78 is 0.194. The fraction of sp³-hybridized carbons (Fsp3) is 0.217. The zero-order valence-electron chi connectivity index (χ0n) is 15.6. The van der Waals surface area contributed by atoms with Crippen LogP contribution in [-0.4, -0.2) is 12.1 Å². The Morgan fingerprint density at radius 1 is 1.04 bits per heavy atom. The van der Waals surface area contributed by atoms with Gasteiger partial charge in [-0.15, -0.1) is 0 Å². The molecule has 3 aromatic rings. The van der Waals surface area contributed by atoms with Gasteiger partial charge in [-0.3, -0.25) is 4.79 Å². The van der Waals surface area contributed by atoms with E-state index in [1.807, 2.05) is 38.1 Å². The van der Waals surface area contributed by atoms with Crippen LogP contribution in [0.2, 0.25) is 0 Å². The van der Waals surface area contributed by atoms with Crippen LogP contribution in [0.25, 0.3) is 21.5 Å². The molecule has 0 unspecified atom stereocenters. The molecule has 0 heterocycles. The highest BCUT2D eigenvalue weighted by molar-refractivity contribution is 6.55. The van der Waals surface area contributed by atoms with E-state index in [1.165, 1.54) is 0 Å². The summed E-state index contributed by atoms with van der Waals surface area (Å²) in [7, 11) is 0. The minimum absolute atomic E-state index is 0.0195. The molecule has 3 aromatic carbocycles. The van der Waals surface area contributed by atoms with Crippen LogP contribution in [0.3, 0.4) is 0 Å². The van der Waals surface area contributed by atoms with Gasteiger partial charge in [0, 0.05) is 5.56 Å². The van der Waals surface area contributed by atoms with Gasteiger partial charge >= 0.3 is 0 Å². The first-order valence-corrected chi connectivity index (χ1v) is 9.91. The predicted octanol–water partition coefficient (Wildman–Crippen LogP) is 6.03. The van der Waals surface area contributed by atoms with Crippen molar-refractivity contribution in [2.75, 3.05) is 0 Å². The number of carbonyl (C=O) groups is 1. The van der Waals surface area contributed by atoms with Crippen molar-refractivity contribution in [1.82, 2.24) is 5.43 Å². The summed E-state index contributed by atoms with van der Waals surface area (Å²) >= 11 is 11.5. The number of amides is 1. The number of nitrogens with zero attached hydrogens (tertiary/aromatic N) is 1. The van der Waals surface area contributed by atoms with E-state index in [9.17, 15) is 4.79 Å². The van der Waals surface area contributed by atoms with Gasteiger partial charge in [-0.1, -0.05) is 85.6 Å². The Balaban J connectivity index is 1.62. The molecule has 0 bridgehead atoms. The van der Waals surface area contributed by atoms with E-state index in [2.05, 4.69) is 40.9 Å². The Bertz CT molecular complexity index is 1080. The number of rotatable bonds is 4. The zero-order valence-corrected chi connectivity index (χ0v) is 17.1. The van der Waals surface area contributed by atoms with Crippen LogP contribution in [0.4, 0.5) is 0 Å². The standard InChI is InChI=1S/C23H20Cl2N2O/c1-23(2)19(12-20(24)25)21(23)22(28)27-26-13-18-16-9-5-3-7-14(16)11-15-8-4-6-10-17(15)18/h3-13,19,21H,1-2H3,(H,27,28)/b26-13+/t19-,21-/m0/s1. The van der Waals surface area contributed by atoms with Gasteiger partial charge < -0.3 is 0 Å². The average molecular weight is 411 g/mol. The third kappa shape index (κ3) is 3.41. The lowest BCUT2D eigenvalue weighted by Crippen LogP contribution is -2.22. The quantitative estimate of drug-likeness (QED) is 0.318. The molecule has 0 aliphatic heterocycles. The molecule has 4 rings (SSSR count). The zero-order chi connectivity index (χ0) is 19.9. The van der Waals surface area contributed by atoms with Crippen LogP contribution in [0.5, 0.6) is 0 Å². The van der Waals surface area contributed by atoms with Crippen molar-refractivity contribution in [2.45, 2.75) is 13.8 Å². The van der Waals surface area contributed by atoms with Crippen LogP contribution >= 0.6 is 23.2 Å². The van der Waals surface area contributed by atoms with E-state index in [-0.39, 0.29) is 27.6 Å². The Labute approximate surface area is 174 Å². The van der Waals surface area contributed by atoms with Crippen molar-refractivity contribution < 1.29 is 4.79 Å². The summed E-state index contributed by atoms with van der Waals surface area (Å²) in [5.41, 5.74) is 3.51. The summed E-state index contributed by atoms with van der Waals surface area (Å²) in [6.45, 7) is 4.05. The molecule has 0 saturated heterocycles. The molecule has 0 aromatic heterocycles. The number of carbonyl (C=O) groups excluding carboxylic acids is 1. The fourth-order valence-corrected chi connectivity index (χ4v) is 4.31. The average Bonchev–Trinajstić information content (AvgIpc) is 3.20. The van der Waals surface area contributed by atoms with E-state index in [0.29, 0.717) is 0 Å². The number of halogens is 2. The van der Waals surface area contributed by atoms with Crippen LogP contribution in [0, 0.1) is 17.3 Å². The minimum Gasteiger partial charge on any atom is -0.273 e. The molecule has 1 aliphatic rings. The van der Waals surface area contributed by atoms with Crippen LogP contribution in [0.15, 0.2) is 70.3 Å². The summed E-state index contributed by atoms with van der Waals surface area (Å²) in [5.74, 6) is -0.297. The highest BCUT2D eigenvalue weighted by Gasteiger charge is 2.60. The molecule has 1 N–H and O–H groups in total. The molecule has 5 heteroatoms. The van der Waals surface area contributed by atoms with Gasteiger partial charge in [-0.25, -0.2) is 5.43 Å². The number of hydrazone groups is 1. The van der Waals surface area contributed by atoms with E-state index >= 15 is 0 Å². The maximum absolute atomic E-state index is 12.6. The van der Waals surface area contributed by atoms with Crippen molar-refractivity contribution in [2.24, 2.45) is 22.4 Å². The Morgan fingerprint density at radius 2 is 1.61 bits per heavy atom. The molecule has 3 nitrogen and oxygen atoms in total. The fourth-order valence-electron chi connectivity index (χ4n) is 4.04. The third-order valence-corrected chi connectivity index (χ3v) is 5.93. The lowest BCUT2D eigenvalue weighted by molar-refractivity contribution is -0.123. The highest BCUT2D eigenvalue weighted by Crippen LogP contribution is 2.59. The van der Waals surface area contributed by atoms with Gasteiger partial charge in [0.25, 0.3) is 0 Å². The number of allylic oxidation sites excluding steroid dienone is 1. The molecule has 142 valence electrons. The smallest absolute Gasteiger partial charge is 0.244 e. The van der Waals surface area contributed by atoms with Gasteiger partial charge in [-0.2, -0.15) is 5.10 Å². The van der Waals surface area contributed by atoms with Crippen LogP contribution < -0.4 is 5.43 Å². The van der Waals surface area contributed by atoms with Crippen LogP contribution in [0.1, 0.15) is 19.4 Å². The number of hydrogen-bond donors (Lipinski definition) is 1. The minimum atomic E-state index is -0.193. The first-order valence-electron chi connectivity index (χ1n) is 9.16. The lowest BCUT2D eigenvalue weighted by atomic mass is 9.97. The van der Waals surface area contributed by atoms with Crippen molar-refractivity contribution in [3.05, 3.63) is 70.7 Å². The maximum atomic E-state index is 12.6. The molecule has 1 fully saturated rings. The number of hydrogen-bond acceptors (Lipinski definition) is 2. The number of benzene rings is 3. The first-order chi connectivity index (χ1) is 13.4. The van der Waals surface area contributed by atoms with Crippen molar-refractivity contribution >= 4 is 56.9 Å². The Morgan fingerprint density at radius 3 is 2.18 bits per heavy atom. The van der Waals surface area contributed by atoms with Gasteiger partial charge in [0.15, 0.2) is 0 Å². The van der Waals surface area contributed by atoms with Crippen molar-refractivity contribution in [3.63, 3.8) is 0 Å². The molecule has 1 saturated carbocycles. The molecule has 0 spiro atoms. The van der Waals surface area contributed by atoms with E-state index in [0.717, 1.165) is 27.1 Å². The van der Waals surface area contributed by atoms with Crippen molar-refractivity contribution in [3.8, 4) is 0 Å². The molecule has 28 heavy (non-hydrogen) atoms. The highest BCUT2D eigenvalue weighted by atomic mass is 35.5. The van der Waals surface area contributed by atoms with E-state index in [1.54, 1.807) is 12.3 Å². The SMILES string of the molecule is CC1(C)[C@H](C(=O)N/N=C/c2c3ccccc3cc3ccccc23)[C@@H]1C=C(Cl)Cl. The first kappa shape index (κ1) is 19.0. The summed E-state index contributed by atoms with van der Waals surface area (Å²) in [5, 5.41) is 8.74.